The quantitative estimate of drug-likeness (QED) is 0.909. The smallest absolute Gasteiger partial charge is 0.260 e. The Kier molecular flexibility index (Phi) is 4.95. The van der Waals surface area contributed by atoms with Crippen molar-refractivity contribution >= 4 is 22.4 Å². The third-order valence-corrected chi connectivity index (χ3v) is 4.17. The Morgan fingerprint density at radius 2 is 2.00 bits per heavy atom. The van der Waals surface area contributed by atoms with Crippen molar-refractivity contribution in [3.8, 4) is 0 Å². The Labute approximate surface area is 125 Å². The van der Waals surface area contributed by atoms with Crippen LogP contribution in [0.2, 0.25) is 0 Å². The maximum absolute atomic E-state index is 13.5. The summed E-state index contributed by atoms with van der Waals surface area (Å²) in [5.41, 5.74) is -0.353. The van der Waals surface area contributed by atoms with Gasteiger partial charge in [0.25, 0.3) is 5.91 Å². The molecule has 0 saturated heterocycles. The average molecular weight is 311 g/mol. The van der Waals surface area contributed by atoms with Gasteiger partial charge in [0.05, 0.1) is 5.56 Å². The zero-order chi connectivity index (χ0) is 15.4. The zero-order valence-corrected chi connectivity index (χ0v) is 12.5. The second-order valence-electron chi connectivity index (χ2n) is 4.54. The number of carbonyl (C=O) groups excluding carboxylic acids is 1. The maximum atomic E-state index is 13.5. The molecule has 1 aromatic carbocycles. The van der Waals surface area contributed by atoms with Crippen molar-refractivity contribution in [3.05, 3.63) is 40.4 Å². The van der Waals surface area contributed by atoms with Gasteiger partial charge >= 0.3 is 0 Å². The van der Waals surface area contributed by atoms with Crippen LogP contribution in [-0.2, 0) is 0 Å². The number of amides is 1. The van der Waals surface area contributed by atoms with E-state index in [-0.39, 0.29) is 10.7 Å². The van der Waals surface area contributed by atoms with Gasteiger partial charge in [-0.15, -0.1) is 10.2 Å². The van der Waals surface area contributed by atoms with Crippen molar-refractivity contribution in [1.29, 1.82) is 0 Å². The molecule has 1 N–H and O–H groups in total. The van der Waals surface area contributed by atoms with Crippen LogP contribution in [0.3, 0.4) is 0 Å². The summed E-state index contributed by atoms with van der Waals surface area (Å²) in [5.74, 6) is -1.89. The molecular formula is C14H15F2N3OS. The van der Waals surface area contributed by atoms with E-state index < -0.39 is 17.5 Å². The highest BCUT2D eigenvalue weighted by atomic mass is 32.1. The minimum atomic E-state index is -0.779. The molecule has 1 aromatic heterocycles. The lowest BCUT2D eigenvalue weighted by Gasteiger charge is -2.06. The number of benzene rings is 1. The zero-order valence-electron chi connectivity index (χ0n) is 11.7. The Hall–Kier alpha value is -1.89. The summed E-state index contributed by atoms with van der Waals surface area (Å²) in [4.78, 5) is 11.9. The van der Waals surface area contributed by atoms with Gasteiger partial charge in [0.1, 0.15) is 16.6 Å². The number of carbonyl (C=O) groups is 1. The third kappa shape index (κ3) is 3.60. The summed E-state index contributed by atoms with van der Waals surface area (Å²) < 4.78 is 26.6. The number of rotatable bonds is 5. The fourth-order valence-corrected chi connectivity index (χ4v) is 2.93. The van der Waals surface area contributed by atoms with E-state index in [1.807, 2.05) is 0 Å². The third-order valence-electron chi connectivity index (χ3n) is 3.17. The number of aromatic nitrogens is 2. The summed E-state index contributed by atoms with van der Waals surface area (Å²) in [6.45, 7) is 4.10. The van der Waals surface area contributed by atoms with Gasteiger partial charge < -0.3 is 0 Å². The molecule has 0 radical (unpaired) electrons. The monoisotopic (exact) mass is 311 g/mol. The Morgan fingerprint density at radius 3 is 2.67 bits per heavy atom. The molecule has 4 nitrogen and oxygen atoms in total. The standard InChI is InChI=1S/C14H15F2N3OS/c1-3-8(4-2)13-18-19-14(21-13)17-12(20)10-7-9(15)5-6-11(10)16/h5-8H,3-4H2,1-2H3,(H,17,19,20). The van der Waals surface area contributed by atoms with Crippen LogP contribution in [-0.4, -0.2) is 16.1 Å². The summed E-state index contributed by atoms with van der Waals surface area (Å²) in [6.07, 6.45) is 1.86. The number of halogens is 2. The number of anilines is 1. The van der Waals surface area contributed by atoms with Gasteiger partial charge in [0.15, 0.2) is 0 Å². The SMILES string of the molecule is CCC(CC)c1nnc(NC(=O)c2cc(F)ccc2F)s1. The van der Waals surface area contributed by atoms with Gasteiger partial charge in [0, 0.05) is 5.92 Å². The molecule has 0 fully saturated rings. The van der Waals surface area contributed by atoms with Gasteiger partial charge in [-0.2, -0.15) is 0 Å². The Morgan fingerprint density at radius 1 is 1.29 bits per heavy atom. The van der Waals surface area contributed by atoms with Crippen molar-refractivity contribution < 1.29 is 13.6 Å². The van der Waals surface area contributed by atoms with Crippen LogP contribution in [0, 0.1) is 11.6 Å². The highest BCUT2D eigenvalue weighted by molar-refractivity contribution is 7.15. The van der Waals surface area contributed by atoms with Crippen LogP contribution in [0.25, 0.3) is 0 Å². The second kappa shape index (κ2) is 6.71. The fraction of sp³-hybridized carbons (Fsp3) is 0.357. The molecule has 0 aliphatic heterocycles. The van der Waals surface area contributed by atoms with Crippen LogP contribution in [0.5, 0.6) is 0 Å². The highest BCUT2D eigenvalue weighted by Gasteiger charge is 2.17. The minimum absolute atomic E-state index is 0.283. The highest BCUT2D eigenvalue weighted by Crippen LogP contribution is 2.28. The topological polar surface area (TPSA) is 54.9 Å². The van der Waals surface area contributed by atoms with Crippen molar-refractivity contribution in [2.24, 2.45) is 0 Å². The molecule has 0 atom stereocenters. The summed E-state index contributed by atoms with van der Waals surface area (Å²) in [6, 6.07) is 2.73. The molecule has 0 aliphatic rings. The van der Waals surface area contributed by atoms with E-state index in [1.54, 1.807) is 0 Å². The van der Waals surface area contributed by atoms with Crippen LogP contribution < -0.4 is 5.32 Å². The predicted molar refractivity (Wildman–Crippen MR) is 77.5 cm³/mol. The van der Waals surface area contributed by atoms with Gasteiger partial charge in [-0.3, -0.25) is 10.1 Å². The first kappa shape index (κ1) is 15.5. The van der Waals surface area contributed by atoms with Gasteiger partial charge in [-0.1, -0.05) is 25.2 Å². The molecule has 2 aromatic rings. The molecule has 0 saturated carbocycles. The number of nitrogens with zero attached hydrogens (tertiary/aromatic N) is 2. The molecule has 1 heterocycles. The number of hydrogen-bond donors (Lipinski definition) is 1. The van der Waals surface area contributed by atoms with Crippen molar-refractivity contribution in [3.63, 3.8) is 0 Å². The lowest BCUT2D eigenvalue weighted by molar-refractivity contribution is 0.102. The summed E-state index contributed by atoms with van der Waals surface area (Å²) >= 11 is 1.25. The van der Waals surface area contributed by atoms with Gasteiger partial charge in [-0.25, -0.2) is 8.78 Å². The van der Waals surface area contributed by atoms with E-state index in [9.17, 15) is 13.6 Å². The minimum Gasteiger partial charge on any atom is -0.296 e. The Bertz CT molecular complexity index is 641. The van der Waals surface area contributed by atoms with Gasteiger partial charge in [0.2, 0.25) is 5.13 Å². The van der Waals surface area contributed by atoms with Gasteiger partial charge in [-0.05, 0) is 31.0 Å². The first-order chi connectivity index (χ1) is 10.0. The van der Waals surface area contributed by atoms with Crippen molar-refractivity contribution in [1.82, 2.24) is 10.2 Å². The first-order valence-corrected chi connectivity index (χ1v) is 7.46. The molecule has 0 aliphatic carbocycles. The maximum Gasteiger partial charge on any atom is 0.260 e. The van der Waals surface area contributed by atoms with Crippen molar-refractivity contribution in [2.45, 2.75) is 32.6 Å². The lowest BCUT2D eigenvalue weighted by atomic mass is 10.1. The predicted octanol–water partition coefficient (Wildman–Crippen LogP) is 3.97. The molecule has 0 unspecified atom stereocenters. The molecule has 0 spiro atoms. The molecule has 2 rings (SSSR count). The van der Waals surface area contributed by atoms with E-state index in [4.69, 9.17) is 0 Å². The fourth-order valence-electron chi connectivity index (χ4n) is 1.92. The lowest BCUT2D eigenvalue weighted by Crippen LogP contribution is -2.14. The van der Waals surface area contributed by atoms with E-state index in [1.165, 1.54) is 11.3 Å². The molecule has 21 heavy (non-hydrogen) atoms. The Balaban J connectivity index is 2.15. The summed E-state index contributed by atoms with van der Waals surface area (Å²) in [5, 5.41) is 11.5. The molecular weight excluding hydrogens is 296 g/mol. The largest absolute Gasteiger partial charge is 0.296 e. The number of hydrogen-bond acceptors (Lipinski definition) is 4. The normalized spacial score (nSPS) is 10.9. The van der Waals surface area contributed by atoms with E-state index in [0.29, 0.717) is 5.92 Å². The van der Waals surface area contributed by atoms with Crippen molar-refractivity contribution in [2.75, 3.05) is 5.32 Å². The van der Waals surface area contributed by atoms with Crippen LogP contribution in [0.1, 0.15) is 48.0 Å². The average Bonchev–Trinajstić information content (AvgIpc) is 2.91. The molecule has 112 valence electrons. The van der Waals surface area contributed by atoms with E-state index in [2.05, 4.69) is 29.4 Å². The van der Waals surface area contributed by atoms with Crippen LogP contribution in [0.15, 0.2) is 18.2 Å². The van der Waals surface area contributed by atoms with E-state index >= 15 is 0 Å². The first-order valence-electron chi connectivity index (χ1n) is 6.64. The van der Waals surface area contributed by atoms with Crippen LogP contribution in [0.4, 0.5) is 13.9 Å². The van der Waals surface area contributed by atoms with Crippen LogP contribution >= 0.6 is 11.3 Å². The van der Waals surface area contributed by atoms with E-state index in [0.717, 1.165) is 36.0 Å². The molecule has 0 bridgehead atoms. The second-order valence-corrected chi connectivity index (χ2v) is 5.55. The number of nitrogens with one attached hydrogen (secondary N) is 1. The summed E-state index contributed by atoms with van der Waals surface area (Å²) in [7, 11) is 0. The molecule has 1 amide bonds. The molecule has 7 heteroatoms.